The molecule has 0 amide bonds. The van der Waals surface area contributed by atoms with Crippen molar-refractivity contribution in [3.8, 4) is 0 Å². The molecular formula is NiO4W. The van der Waals surface area contributed by atoms with Gasteiger partial charge in [0.25, 0.3) is 0 Å². The Labute approximate surface area is 46.9 Å². The van der Waals surface area contributed by atoms with Gasteiger partial charge in [-0.15, -0.1) is 0 Å². The molecule has 6 heteroatoms. The van der Waals surface area contributed by atoms with Gasteiger partial charge in [0.1, 0.15) is 0 Å². The molecule has 0 saturated heterocycles. The number of hydrogen-bond donors (Lipinski definition) is 0. The van der Waals surface area contributed by atoms with Gasteiger partial charge in [-0.25, -0.2) is 0 Å². The van der Waals surface area contributed by atoms with Gasteiger partial charge in [-0.3, -0.25) is 0 Å². The molecule has 0 aliphatic carbocycles. The molecule has 0 fully saturated rings. The molecular weight excluding hydrogens is 307 g/mol. The summed E-state index contributed by atoms with van der Waals surface area (Å²) in [6.07, 6.45) is 0. The van der Waals surface area contributed by atoms with E-state index in [1.165, 1.54) is 0 Å². The van der Waals surface area contributed by atoms with E-state index in [0.29, 0.717) is 0 Å². The van der Waals surface area contributed by atoms with Gasteiger partial charge in [-0.05, 0) is 0 Å². The predicted octanol–water partition coefficient (Wildman–Crippen LogP) is -0.480. The second-order valence-electron chi connectivity index (χ2n) is 0.204. The molecule has 0 rings (SSSR count). The van der Waals surface area contributed by atoms with Crippen LogP contribution in [0.2, 0.25) is 0 Å². The molecule has 0 heterocycles. The predicted molar refractivity (Wildman–Crippen MR) is 2.75 cm³/mol. The Morgan fingerprint density at radius 1 is 1.00 bits per heavy atom. The summed E-state index contributed by atoms with van der Waals surface area (Å²) in [7, 11) is 0. The second kappa shape index (κ2) is 9.04. The molecule has 0 radical (unpaired) electrons. The van der Waals surface area contributed by atoms with Gasteiger partial charge in [0.15, 0.2) is 0 Å². The van der Waals surface area contributed by atoms with E-state index in [2.05, 4.69) is 15.4 Å². The SMILES string of the molecule is [O]=[Ni].[O]=[W](=[O])=[O]. The summed E-state index contributed by atoms with van der Waals surface area (Å²) in [4.78, 5) is 0. The van der Waals surface area contributed by atoms with Gasteiger partial charge in [0.05, 0.1) is 0 Å². The van der Waals surface area contributed by atoms with Crippen LogP contribution < -0.4 is 0 Å². The van der Waals surface area contributed by atoms with Crippen molar-refractivity contribution in [2.45, 2.75) is 0 Å². The summed E-state index contributed by atoms with van der Waals surface area (Å²) in [5.41, 5.74) is 0. The first-order valence-corrected chi connectivity index (χ1v) is 4.62. The Kier molecular flexibility index (Phi) is 14.5. The fourth-order valence-electron chi connectivity index (χ4n) is 0. The van der Waals surface area contributed by atoms with Gasteiger partial charge in [-0.1, -0.05) is 0 Å². The fourth-order valence-corrected chi connectivity index (χ4v) is 0. The molecule has 0 aromatic carbocycles. The van der Waals surface area contributed by atoms with Gasteiger partial charge < -0.3 is 0 Å². The van der Waals surface area contributed by atoms with E-state index in [0.717, 1.165) is 0 Å². The molecule has 0 bridgehead atoms. The second-order valence-corrected chi connectivity index (χ2v) is 1.67. The van der Waals surface area contributed by atoms with E-state index in [-0.39, 0.29) is 0 Å². The van der Waals surface area contributed by atoms with Crippen molar-refractivity contribution in [3.05, 3.63) is 0 Å². The van der Waals surface area contributed by atoms with Crippen LogP contribution in [0.1, 0.15) is 0 Å². The average molecular weight is 307 g/mol. The molecule has 0 aliphatic rings. The Morgan fingerprint density at radius 2 is 1.00 bits per heavy atom. The Balaban J connectivity index is 0. The Hall–Kier alpha value is 0.382. The zero-order valence-electron chi connectivity index (χ0n) is 2.36. The van der Waals surface area contributed by atoms with E-state index in [1.54, 1.807) is 0 Å². The van der Waals surface area contributed by atoms with Crippen LogP contribution in [-0.2, 0) is 46.7 Å². The first-order valence-electron chi connectivity index (χ1n) is 0.629. The molecule has 0 aromatic rings. The van der Waals surface area contributed by atoms with E-state index in [9.17, 15) is 0 Å². The van der Waals surface area contributed by atoms with E-state index in [1.807, 2.05) is 0 Å². The third-order valence-corrected chi connectivity index (χ3v) is 0. The fraction of sp³-hybridized carbons (Fsp3) is 0. The van der Waals surface area contributed by atoms with Crippen molar-refractivity contribution in [1.29, 1.82) is 0 Å². The van der Waals surface area contributed by atoms with Crippen LogP contribution in [0.4, 0.5) is 0 Å². The molecule has 0 spiro atoms. The van der Waals surface area contributed by atoms with E-state index in [4.69, 9.17) is 14.1 Å². The van der Waals surface area contributed by atoms with Crippen LogP contribution in [0, 0.1) is 0 Å². The third kappa shape index (κ3) is 344. The van der Waals surface area contributed by atoms with Gasteiger partial charge in [0.2, 0.25) is 0 Å². The van der Waals surface area contributed by atoms with Gasteiger partial charge in [0, 0.05) is 0 Å². The van der Waals surface area contributed by atoms with Crippen LogP contribution >= 0.6 is 0 Å². The number of hydrogen-bond acceptors (Lipinski definition) is 4. The van der Waals surface area contributed by atoms with Crippen LogP contribution in [0.5, 0.6) is 0 Å². The summed E-state index contributed by atoms with van der Waals surface area (Å²) in [5, 5.41) is 0. The molecule has 0 aromatic heterocycles. The summed E-state index contributed by atoms with van der Waals surface area (Å²) < 4.78 is 33.7. The monoisotopic (exact) mass is 306 g/mol. The van der Waals surface area contributed by atoms with Crippen molar-refractivity contribution in [2.75, 3.05) is 0 Å². The maximum absolute atomic E-state index is 8.61. The summed E-state index contributed by atoms with van der Waals surface area (Å²) in [5.74, 6) is 0. The van der Waals surface area contributed by atoms with Crippen molar-refractivity contribution in [2.24, 2.45) is 0 Å². The van der Waals surface area contributed by atoms with Gasteiger partial charge in [-0.2, -0.15) is 0 Å². The third-order valence-electron chi connectivity index (χ3n) is 0. The molecule has 40 valence electrons. The summed E-state index contributed by atoms with van der Waals surface area (Å²) in [6, 6.07) is 0. The minimum atomic E-state index is -4.28. The molecule has 0 saturated carbocycles. The molecule has 6 heavy (non-hydrogen) atoms. The van der Waals surface area contributed by atoms with Crippen LogP contribution in [0.15, 0.2) is 0 Å². The molecule has 4 nitrogen and oxygen atoms in total. The minimum absolute atomic E-state index is 2.62. The van der Waals surface area contributed by atoms with Crippen molar-refractivity contribution >= 4 is 0 Å². The quantitative estimate of drug-likeness (QED) is 0.567. The molecule has 0 atom stereocenters. The topological polar surface area (TPSA) is 68.3 Å². The zero-order valence-corrected chi connectivity index (χ0v) is 6.28. The molecule has 0 N–H and O–H groups in total. The van der Waals surface area contributed by atoms with Crippen LogP contribution in [-0.4, -0.2) is 0 Å². The van der Waals surface area contributed by atoms with Crippen molar-refractivity contribution < 1.29 is 46.7 Å². The van der Waals surface area contributed by atoms with Crippen LogP contribution in [0.3, 0.4) is 0 Å². The molecule has 0 aliphatic heterocycles. The summed E-state index contributed by atoms with van der Waals surface area (Å²) in [6.45, 7) is 0. The Bertz CT molecular complexity index is 87.7. The van der Waals surface area contributed by atoms with E-state index < -0.39 is 17.2 Å². The maximum atomic E-state index is 8.61. The molecule has 0 unspecified atom stereocenters. The van der Waals surface area contributed by atoms with Crippen LogP contribution in [0.25, 0.3) is 0 Å². The van der Waals surface area contributed by atoms with E-state index >= 15 is 0 Å². The van der Waals surface area contributed by atoms with Crippen molar-refractivity contribution in [1.82, 2.24) is 0 Å². The first-order chi connectivity index (χ1) is 2.73. The average Bonchev–Trinajstić information content (AvgIpc) is 1.41. The zero-order chi connectivity index (χ0) is 5.58. The van der Waals surface area contributed by atoms with Gasteiger partial charge >= 0.3 is 46.7 Å². The standard InChI is InChI=1S/Ni.4O.W. The normalized spacial score (nSPS) is 5.00. The Morgan fingerprint density at radius 3 is 1.00 bits per heavy atom. The summed E-state index contributed by atoms with van der Waals surface area (Å²) >= 11 is -1.65. The van der Waals surface area contributed by atoms with Crippen molar-refractivity contribution in [3.63, 3.8) is 0 Å². The number of rotatable bonds is 0. The first kappa shape index (κ1) is 9.63.